The molecule has 0 atom stereocenters. The molecule has 0 N–H and O–H groups in total. The zero-order chi connectivity index (χ0) is 40.2. The topological polar surface area (TPSA) is 3.24 Å². The van der Waals surface area contributed by atoms with E-state index in [-0.39, 0.29) is 10.8 Å². The van der Waals surface area contributed by atoms with Crippen molar-refractivity contribution in [2.45, 2.75) is 56.8 Å². The lowest BCUT2D eigenvalue weighted by atomic mass is 9.43. The summed E-state index contributed by atoms with van der Waals surface area (Å²) < 4.78 is 2.66. The van der Waals surface area contributed by atoms with E-state index in [1.54, 1.807) is 11.1 Å². The Morgan fingerprint density at radius 3 is 1.80 bits per heavy atom. The smallest absolute Gasteiger partial charge is 0.0540 e. The summed E-state index contributed by atoms with van der Waals surface area (Å²) in [5, 5.41) is 5.21. The summed E-state index contributed by atoms with van der Waals surface area (Å²) in [6, 6.07) is 63.3. The first kappa shape index (κ1) is 34.7. The average molecular weight is 802 g/mol. The number of benzene rings is 8. The summed E-state index contributed by atoms with van der Waals surface area (Å²) in [6.07, 6.45) is 7.07. The normalized spacial score (nSPS) is 23.4. The molecule has 8 aromatic carbocycles. The van der Waals surface area contributed by atoms with Crippen LogP contribution in [-0.4, -0.2) is 0 Å². The molecule has 1 heterocycles. The van der Waals surface area contributed by atoms with Gasteiger partial charge in [0.25, 0.3) is 0 Å². The van der Waals surface area contributed by atoms with E-state index in [2.05, 4.69) is 183 Å². The molecule has 0 aliphatic heterocycles. The molecule has 1 spiro atoms. The second kappa shape index (κ2) is 12.3. The zero-order valence-corrected chi connectivity index (χ0v) is 35.6. The Kier molecular flexibility index (Phi) is 7.02. The molecule has 4 bridgehead atoms. The van der Waals surface area contributed by atoms with Gasteiger partial charge in [0.2, 0.25) is 0 Å². The summed E-state index contributed by atoms with van der Waals surface area (Å²) in [6.45, 7) is 4.78. The molecule has 6 aliphatic carbocycles. The lowest BCUT2D eigenvalue weighted by Crippen LogP contribution is -2.55. The lowest BCUT2D eigenvalue weighted by Gasteiger charge is -2.61. The maximum atomic E-state index is 2.66. The minimum atomic E-state index is -0.102. The minimum Gasteiger partial charge on any atom is -0.310 e. The first-order valence-corrected chi connectivity index (χ1v) is 23.5. The van der Waals surface area contributed by atoms with E-state index < -0.39 is 0 Å². The van der Waals surface area contributed by atoms with Crippen LogP contribution in [0.5, 0.6) is 0 Å². The summed E-state index contributed by atoms with van der Waals surface area (Å²) in [7, 11) is 0. The van der Waals surface area contributed by atoms with Crippen molar-refractivity contribution in [2.24, 2.45) is 23.7 Å². The SMILES string of the molecule is CC1(C)c2ccccc2-c2ccc(N(c3ccc4sc5ccccc5c4c3)c3ccc(-c4ccc5c(c4)C4(c6ccccc6-5)C5CC6CC(C5)CC4C6)c4ccccc34)cc21. The molecule has 294 valence electrons. The molecule has 0 unspecified atom stereocenters. The molecule has 0 amide bonds. The molecule has 0 saturated heterocycles. The number of nitrogens with zero attached hydrogens (tertiary/aromatic N) is 1. The zero-order valence-electron chi connectivity index (χ0n) is 34.8. The van der Waals surface area contributed by atoms with Crippen LogP contribution in [0.25, 0.3) is 64.3 Å². The van der Waals surface area contributed by atoms with E-state index in [0.717, 1.165) is 23.7 Å². The Labute approximate surface area is 362 Å². The Morgan fingerprint density at radius 1 is 0.426 bits per heavy atom. The van der Waals surface area contributed by atoms with E-state index in [1.165, 1.54) is 125 Å². The highest BCUT2D eigenvalue weighted by Crippen LogP contribution is 2.69. The first-order valence-electron chi connectivity index (χ1n) is 22.7. The van der Waals surface area contributed by atoms with Crippen molar-refractivity contribution in [2.75, 3.05) is 4.90 Å². The predicted octanol–water partition coefficient (Wildman–Crippen LogP) is 16.4. The highest BCUT2D eigenvalue weighted by molar-refractivity contribution is 7.25. The molecule has 6 aliphatic rings. The fraction of sp³-hybridized carbons (Fsp3) is 0.220. The fourth-order valence-corrected chi connectivity index (χ4v) is 15.2. The third-order valence-corrected chi connectivity index (χ3v) is 17.6. The van der Waals surface area contributed by atoms with Crippen LogP contribution in [-0.2, 0) is 10.8 Å². The Morgan fingerprint density at radius 2 is 1.00 bits per heavy atom. The van der Waals surface area contributed by atoms with Gasteiger partial charge in [-0.3, -0.25) is 0 Å². The third kappa shape index (κ3) is 4.62. The quantitative estimate of drug-likeness (QED) is 0.171. The molecule has 0 radical (unpaired) electrons. The second-order valence-corrected chi connectivity index (χ2v) is 20.8. The van der Waals surface area contributed by atoms with Crippen LogP contribution in [0.3, 0.4) is 0 Å². The van der Waals surface area contributed by atoms with E-state index in [1.807, 2.05) is 11.3 Å². The summed E-state index contributed by atoms with van der Waals surface area (Å²) in [4.78, 5) is 2.54. The summed E-state index contributed by atoms with van der Waals surface area (Å²) >= 11 is 1.89. The summed E-state index contributed by atoms with van der Waals surface area (Å²) in [5.41, 5.74) is 18.0. The van der Waals surface area contributed by atoms with Crippen LogP contribution >= 0.6 is 11.3 Å². The van der Waals surface area contributed by atoms with Crippen molar-refractivity contribution < 1.29 is 0 Å². The first-order chi connectivity index (χ1) is 29.9. The largest absolute Gasteiger partial charge is 0.310 e. The number of fused-ring (bicyclic) bond motifs is 10. The molecule has 1 nitrogen and oxygen atoms in total. The minimum absolute atomic E-state index is 0.102. The Bertz CT molecular complexity index is 3300. The Balaban J connectivity index is 0.966. The molecule has 1 aromatic heterocycles. The lowest BCUT2D eigenvalue weighted by molar-refractivity contribution is -0.0399. The maximum absolute atomic E-state index is 2.66. The van der Waals surface area contributed by atoms with Crippen LogP contribution in [0, 0.1) is 23.7 Å². The van der Waals surface area contributed by atoms with Crippen LogP contribution in [0.1, 0.15) is 68.2 Å². The van der Waals surface area contributed by atoms with Crippen molar-refractivity contribution in [1.82, 2.24) is 0 Å². The van der Waals surface area contributed by atoms with Gasteiger partial charge in [0.1, 0.15) is 0 Å². The van der Waals surface area contributed by atoms with Crippen molar-refractivity contribution in [3.8, 4) is 33.4 Å². The van der Waals surface area contributed by atoms with Gasteiger partial charge in [0.05, 0.1) is 5.69 Å². The molecular formula is C59H47NS. The van der Waals surface area contributed by atoms with Gasteiger partial charge in [-0.2, -0.15) is 0 Å². The van der Waals surface area contributed by atoms with Gasteiger partial charge in [0, 0.05) is 47.8 Å². The molecule has 4 saturated carbocycles. The number of hydrogen-bond acceptors (Lipinski definition) is 2. The van der Waals surface area contributed by atoms with E-state index in [9.17, 15) is 0 Å². The van der Waals surface area contributed by atoms with Crippen molar-refractivity contribution in [3.63, 3.8) is 0 Å². The predicted molar refractivity (Wildman–Crippen MR) is 258 cm³/mol. The number of thiophene rings is 1. The van der Waals surface area contributed by atoms with Crippen LogP contribution < -0.4 is 4.90 Å². The van der Waals surface area contributed by atoms with Gasteiger partial charge in [0.15, 0.2) is 0 Å². The number of hydrogen-bond donors (Lipinski definition) is 0. The van der Waals surface area contributed by atoms with Crippen LogP contribution in [0.4, 0.5) is 17.1 Å². The third-order valence-electron chi connectivity index (χ3n) is 16.5. The average Bonchev–Trinajstić information content (AvgIpc) is 3.89. The van der Waals surface area contributed by atoms with Crippen molar-refractivity contribution in [1.29, 1.82) is 0 Å². The molecule has 2 heteroatoms. The second-order valence-electron chi connectivity index (χ2n) is 19.7. The summed E-state index contributed by atoms with van der Waals surface area (Å²) in [5.74, 6) is 3.35. The Hall–Kier alpha value is -5.96. The molecule has 9 aromatic rings. The van der Waals surface area contributed by atoms with Gasteiger partial charge in [-0.05, 0) is 165 Å². The van der Waals surface area contributed by atoms with Gasteiger partial charge < -0.3 is 4.90 Å². The van der Waals surface area contributed by atoms with Crippen molar-refractivity contribution in [3.05, 3.63) is 186 Å². The molecule has 15 rings (SSSR count). The molecular weight excluding hydrogens is 755 g/mol. The fourth-order valence-electron chi connectivity index (χ4n) is 14.2. The highest BCUT2D eigenvalue weighted by Gasteiger charge is 2.61. The van der Waals surface area contributed by atoms with E-state index >= 15 is 0 Å². The highest BCUT2D eigenvalue weighted by atomic mass is 32.1. The standard InChI is InChI=1S/C59H47NS/c1-58(2)51-16-8-5-12-44(51)46-23-20-41(34-53(46)58)60(40-21-26-57-50(33-40)49-15-7-10-18-56(49)61-57)55-25-24-42(43-11-3-4-14-48(43)55)37-19-22-47-45-13-6-9-17-52(45)59(54(47)32-37)38-28-35-27-36(30-38)31-39(59)29-35/h3-26,32-36,38-39H,27-31H2,1-2H3. The maximum Gasteiger partial charge on any atom is 0.0540 e. The van der Waals surface area contributed by atoms with Gasteiger partial charge >= 0.3 is 0 Å². The molecule has 61 heavy (non-hydrogen) atoms. The van der Waals surface area contributed by atoms with E-state index in [4.69, 9.17) is 0 Å². The van der Waals surface area contributed by atoms with Gasteiger partial charge in [-0.1, -0.05) is 129 Å². The number of anilines is 3. The van der Waals surface area contributed by atoms with Crippen molar-refractivity contribution >= 4 is 59.3 Å². The van der Waals surface area contributed by atoms with Crippen LogP contribution in [0.2, 0.25) is 0 Å². The monoisotopic (exact) mass is 801 g/mol. The van der Waals surface area contributed by atoms with Crippen LogP contribution in [0.15, 0.2) is 164 Å². The van der Waals surface area contributed by atoms with E-state index in [0.29, 0.717) is 0 Å². The number of rotatable bonds is 4. The molecule has 4 fully saturated rings. The van der Waals surface area contributed by atoms with Gasteiger partial charge in [-0.15, -0.1) is 11.3 Å². The van der Waals surface area contributed by atoms with Gasteiger partial charge in [-0.25, -0.2) is 0 Å².